The minimum atomic E-state index is -0.270. The van der Waals surface area contributed by atoms with Crippen LogP contribution in [0.1, 0.15) is 6.92 Å². The third-order valence-electron chi connectivity index (χ3n) is 4.02. The number of rotatable bonds is 5. The van der Waals surface area contributed by atoms with Crippen molar-refractivity contribution in [3.05, 3.63) is 53.6 Å². The average molecular weight is 361 g/mol. The molecular formula is C19H21ClN2O3. The van der Waals surface area contributed by atoms with Gasteiger partial charge in [0.25, 0.3) is 0 Å². The van der Waals surface area contributed by atoms with E-state index in [1.54, 1.807) is 0 Å². The van der Waals surface area contributed by atoms with Crippen molar-refractivity contribution in [1.82, 2.24) is 5.32 Å². The summed E-state index contributed by atoms with van der Waals surface area (Å²) in [6, 6.07) is 14.8. The number of urea groups is 1. The van der Waals surface area contributed by atoms with Crippen LogP contribution < -0.4 is 10.6 Å². The number of ether oxygens (including phenoxy) is 2. The summed E-state index contributed by atoms with van der Waals surface area (Å²) in [5.41, 5.74) is 2.76. The quantitative estimate of drug-likeness (QED) is 0.849. The first-order valence-corrected chi connectivity index (χ1v) is 8.66. The van der Waals surface area contributed by atoms with Crippen LogP contribution >= 0.6 is 11.6 Å². The maximum absolute atomic E-state index is 12.3. The number of benzene rings is 2. The standard InChI is InChI=1S/C19H21ClN2O3/c1-2-25-18-12-24-11-17(18)22-19(23)21-16-5-3-4-14(10-16)13-6-8-15(20)9-7-13/h3-10,17-18H,2,11-12H2,1H3,(H2,21,22,23)/t17-,18-/m1/s1. The predicted molar refractivity (Wildman–Crippen MR) is 99.1 cm³/mol. The highest BCUT2D eigenvalue weighted by molar-refractivity contribution is 6.30. The molecule has 2 aromatic rings. The minimum Gasteiger partial charge on any atom is -0.376 e. The van der Waals surface area contributed by atoms with Crippen LogP contribution in [0.5, 0.6) is 0 Å². The fourth-order valence-electron chi connectivity index (χ4n) is 2.80. The summed E-state index contributed by atoms with van der Waals surface area (Å²) in [5.74, 6) is 0. The molecule has 1 saturated heterocycles. The summed E-state index contributed by atoms with van der Waals surface area (Å²) >= 11 is 5.93. The Morgan fingerprint density at radius 3 is 2.76 bits per heavy atom. The van der Waals surface area contributed by atoms with Gasteiger partial charge < -0.3 is 20.1 Å². The fourth-order valence-corrected chi connectivity index (χ4v) is 2.93. The summed E-state index contributed by atoms with van der Waals surface area (Å²) in [4.78, 5) is 12.3. The summed E-state index contributed by atoms with van der Waals surface area (Å²) in [5, 5.41) is 6.47. The molecule has 0 radical (unpaired) electrons. The molecule has 25 heavy (non-hydrogen) atoms. The third-order valence-corrected chi connectivity index (χ3v) is 4.28. The van der Waals surface area contributed by atoms with Gasteiger partial charge in [-0.05, 0) is 42.3 Å². The van der Waals surface area contributed by atoms with E-state index < -0.39 is 0 Å². The topological polar surface area (TPSA) is 59.6 Å². The Morgan fingerprint density at radius 1 is 1.20 bits per heavy atom. The van der Waals surface area contributed by atoms with Gasteiger partial charge in [0.15, 0.2) is 0 Å². The van der Waals surface area contributed by atoms with Gasteiger partial charge in [-0.25, -0.2) is 4.79 Å². The Labute approximate surface area is 152 Å². The number of hydrogen-bond donors (Lipinski definition) is 2. The lowest BCUT2D eigenvalue weighted by molar-refractivity contribution is 0.0428. The third kappa shape index (κ3) is 4.72. The Kier molecular flexibility index (Phi) is 5.91. The molecule has 5 nitrogen and oxygen atoms in total. The van der Waals surface area contributed by atoms with E-state index in [0.717, 1.165) is 16.8 Å². The van der Waals surface area contributed by atoms with Gasteiger partial charge in [-0.3, -0.25) is 0 Å². The first-order chi connectivity index (χ1) is 12.2. The summed E-state index contributed by atoms with van der Waals surface area (Å²) in [6.07, 6.45) is -0.101. The number of amides is 2. The van der Waals surface area contributed by atoms with Crippen molar-refractivity contribution in [3.8, 4) is 11.1 Å². The van der Waals surface area contributed by atoms with Crippen molar-refractivity contribution in [3.63, 3.8) is 0 Å². The van der Waals surface area contributed by atoms with Gasteiger partial charge in [-0.15, -0.1) is 0 Å². The summed E-state index contributed by atoms with van der Waals surface area (Å²) in [7, 11) is 0. The smallest absolute Gasteiger partial charge is 0.319 e. The zero-order valence-corrected chi connectivity index (χ0v) is 14.8. The Hall–Kier alpha value is -2.08. The molecule has 2 N–H and O–H groups in total. The van der Waals surface area contributed by atoms with Crippen LogP contribution in [0.25, 0.3) is 11.1 Å². The molecule has 6 heteroatoms. The normalized spacial score (nSPS) is 19.6. The van der Waals surface area contributed by atoms with Gasteiger partial charge >= 0.3 is 6.03 Å². The van der Waals surface area contributed by atoms with Crippen molar-refractivity contribution >= 4 is 23.3 Å². The van der Waals surface area contributed by atoms with Gasteiger partial charge in [0.1, 0.15) is 6.10 Å². The lowest BCUT2D eigenvalue weighted by atomic mass is 10.1. The molecule has 132 valence electrons. The van der Waals surface area contributed by atoms with Crippen molar-refractivity contribution in [1.29, 1.82) is 0 Å². The molecule has 2 amide bonds. The minimum absolute atomic E-state index is 0.101. The monoisotopic (exact) mass is 360 g/mol. The molecule has 0 aromatic heterocycles. The fraction of sp³-hybridized carbons (Fsp3) is 0.316. The lowest BCUT2D eigenvalue weighted by Crippen LogP contribution is -2.45. The van der Waals surface area contributed by atoms with E-state index in [1.807, 2.05) is 55.5 Å². The van der Waals surface area contributed by atoms with Crippen LogP contribution in [0, 0.1) is 0 Å². The van der Waals surface area contributed by atoms with Crippen LogP contribution in [-0.2, 0) is 9.47 Å². The Balaban J connectivity index is 1.63. The highest BCUT2D eigenvalue weighted by Gasteiger charge is 2.30. The van der Waals surface area contributed by atoms with Crippen molar-refractivity contribution in [2.45, 2.75) is 19.1 Å². The molecule has 2 aromatic carbocycles. The molecule has 0 aliphatic carbocycles. The summed E-state index contributed by atoms with van der Waals surface area (Å²) in [6.45, 7) is 3.49. The second-order valence-corrected chi connectivity index (χ2v) is 6.26. The molecule has 3 rings (SSSR count). The number of anilines is 1. The van der Waals surface area contributed by atoms with Crippen molar-refractivity contribution in [2.75, 3.05) is 25.1 Å². The molecule has 1 heterocycles. The van der Waals surface area contributed by atoms with Gasteiger partial charge in [0, 0.05) is 17.3 Å². The molecule has 1 aliphatic rings. The van der Waals surface area contributed by atoms with Crippen molar-refractivity contribution in [2.24, 2.45) is 0 Å². The molecule has 0 unspecified atom stereocenters. The number of nitrogens with one attached hydrogen (secondary N) is 2. The summed E-state index contributed by atoms with van der Waals surface area (Å²) < 4.78 is 11.0. The number of hydrogen-bond acceptors (Lipinski definition) is 3. The molecular weight excluding hydrogens is 340 g/mol. The highest BCUT2D eigenvalue weighted by atomic mass is 35.5. The predicted octanol–water partition coefficient (Wildman–Crippen LogP) is 3.93. The second-order valence-electron chi connectivity index (χ2n) is 5.82. The first kappa shape index (κ1) is 17.7. The maximum atomic E-state index is 12.3. The van der Waals surface area contributed by atoms with Crippen LogP contribution in [-0.4, -0.2) is 38.0 Å². The molecule has 2 atom stereocenters. The highest BCUT2D eigenvalue weighted by Crippen LogP contribution is 2.24. The van der Waals surface area contributed by atoms with Gasteiger partial charge in [-0.1, -0.05) is 35.9 Å². The second kappa shape index (κ2) is 8.34. The molecule has 1 fully saturated rings. The van der Waals surface area contributed by atoms with Crippen molar-refractivity contribution < 1.29 is 14.3 Å². The van der Waals surface area contributed by atoms with E-state index in [4.69, 9.17) is 21.1 Å². The van der Waals surface area contributed by atoms with Crippen LogP contribution in [0.15, 0.2) is 48.5 Å². The van der Waals surface area contributed by atoms with E-state index >= 15 is 0 Å². The first-order valence-electron chi connectivity index (χ1n) is 8.28. The van der Waals surface area contributed by atoms with Gasteiger partial charge in [0.2, 0.25) is 0 Å². The van der Waals surface area contributed by atoms with Gasteiger partial charge in [-0.2, -0.15) is 0 Å². The molecule has 0 bridgehead atoms. The molecule has 1 aliphatic heterocycles. The van der Waals surface area contributed by atoms with Crippen LogP contribution in [0.3, 0.4) is 0 Å². The lowest BCUT2D eigenvalue weighted by Gasteiger charge is -2.19. The molecule has 0 spiro atoms. The van der Waals surface area contributed by atoms with Crippen LogP contribution in [0.4, 0.5) is 10.5 Å². The zero-order valence-electron chi connectivity index (χ0n) is 14.0. The van der Waals surface area contributed by atoms with Gasteiger partial charge in [0.05, 0.1) is 19.3 Å². The number of carbonyl (C=O) groups is 1. The van der Waals surface area contributed by atoms with E-state index in [9.17, 15) is 4.79 Å². The largest absolute Gasteiger partial charge is 0.376 e. The van der Waals surface area contributed by atoms with Crippen LogP contribution in [0.2, 0.25) is 5.02 Å². The SMILES string of the molecule is CCO[C@@H]1COC[C@H]1NC(=O)Nc1cccc(-c2ccc(Cl)cc2)c1. The number of halogens is 1. The maximum Gasteiger partial charge on any atom is 0.319 e. The Bertz CT molecular complexity index is 721. The molecule has 0 saturated carbocycles. The zero-order chi connectivity index (χ0) is 17.6. The Morgan fingerprint density at radius 2 is 2.00 bits per heavy atom. The van der Waals surface area contributed by atoms with E-state index in [2.05, 4.69) is 10.6 Å². The van der Waals surface area contributed by atoms with E-state index in [-0.39, 0.29) is 18.2 Å². The van der Waals surface area contributed by atoms with E-state index in [0.29, 0.717) is 24.8 Å². The number of carbonyl (C=O) groups excluding carboxylic acids is 1. The van der Waals surface area contributed by atoms with E-state index in [1.165, 1.54) is 0 Å². The average Bonchev–Trinajstić information content (AvgIpc) is 3.03.